The molecule has 0 aliphatic heterocycles. The van der Waals surface area contributed by atoms with Crippen LogP contribution < -0.4 is 0 Å². The third kappa shape index (κ3) is 4.79. The van der Waals surface area contributed by atoms with Gasteiger partial charge in [-0.2, -0.15) is 23.2 Å². The predicted octanol–water partition coefficient (Wildman–Crippen LogP) is 0.822. The maximum Gasteiger partial charge on any atom is 0.0877 e. The molecule has 0 amide bonds. The molecule has 3 nitrogen and oxygen atoms in total. The molecule has 0 spiro atoms. The highest BCUT2D eigenvalue weighted by atomic mass is 32.1. The Labute approximate surface area is 78.3 Å². The van der Waals surface area contributed by atoms with Gasteiger partial charge in [-0.05, 0) is 0 Å². The summed E-state index contributed by atoms with van der Waals surface area (Å²) < 4.78 is 0. The summed E-state index contributed by atoms with van der Waals surface area (Å²) in [6.45, 7) is 4.84. The Morgan fingerprint density at radius 1 is 1.33 bits per heavy atom. The first-order valence-corrected chi connectivity index (χ1v) is 4.11. The maximum absolute atomic E-state index is 8.40. The van der Waals surface area contributed by atoms with Gasteiger partial charge in [0.15, 0.2) is 0 Å². The highest BCUT2D eigenvalue weighted by molar-refractivity contribution is 7.80. The molecule has 4 heteroatoms. The molecule has 0 aliphatic rings. The first-order chi connectivity index (χ1) is 5.74. The lowest BCUT2D eigenvalue weighted by molar-refractivity contribution is 0.373. The van der Waals surface area contributed by atoms with Crippen molar-refractivity contribution in [3.05, 3.63) is 12.2 Å². The van der Waals surface area contributed by atoms with Crippen LogP contribution in [0.1, 0.15) is 0 Å². The smallest absolute Gasteiger partial charge is 0.0877 e. The summed E-state index contributed by atoms with van der Waals surface area (Å²) in [7, 11) is 0. The van der Waals surface area contributed by atoms with Gasteiger partial charge in [-0.3, -0.25) is 4.90 Å². The van der Waals surface area contributed by atoms with Crippen molar-refractivity contribution in [1.82, 2.24) is 4.90 Å². The predicted molar refractivity (Wildman–Crippen MR) is 50.7 cm³/mol. The highest BCUT2D eigenvalue weighted by Gasteiger charge is 2.03. The first-order valence-electron chi connectivity index (χ1n) is 3.48. The van der Waals surface area contributed by atoms with Crippen molar-refractivity contribution < 1.29 is 0 Å². The van der Waals surface area contributed by atoms with Crippen LogP contribution in [0.5, 0.6) is 0 Å². The first kappa shape index (κ1) is 11.0. The quantitative estimate of drug-likeness (QED) is 0.388. The second-order valence-corrected chi connectivity index (χ2v) is 2.69. The molecule has 0 N–H and O–H groups in total. The average Bonchev–Trinajstić information content (AvgIpc) is 2.05. The molecule has 0 aromatic rings. The zero-order chi connectivity index (χ0) is 9.40. The van der Waals surface area contributed by atoms with E-state index < -0.39 is 0 Å². The van der Waals surface area contributed by atoms with Gasteiger partial charge in [0.1, 0.15) is 0 Å². The molecule has 0 bridgehead atoms. The normalized spacial score (nSPS) is 9.00. The van der Waals surface area contributed by atoms with Crippen LogP contribution in [0.25, 0.3) is 0 Å². The number of thiol groups is 1. The van der Waals surface area contributed by atoms with E-state index in [1.54, 1.807) is 4.90 Å². The lowest BCUT2D eigenvalue weighted by Gasteiger charge is -2.15. The number of nitriles is 2. The Bertz CT molecular complexity index is 207. The van der Waals surface area contributed by atoms with Crippen LogP contribution in [0.4, 0.5) is 0 Å². The van der Waals surface area contributed by atoms with Crippen LogP contribution >= 0.6 is 12.6 Å². The fraction of sp³-hybridized carbons (Fsp3) is 0.500. The van der Waals surface area contributed by atoms with Crippen molar-refractivity contribution in [3.8, 4) is 12.1 Å². The van der Waals surface area contributed by atoms with E-state index in [1.165, 1.54) is 0 Å². The Kier molecular flexibility index (Phi) is 6.18. The topological polar surface area (TPSA) is 50.8 Å². The SMILES string of the molecule is C=C(CS)CN(CC#N)CC#N. The fourth-order valence-electron chi connectivity index (χ4n) is 0.734. The molecule has 0 atom stereocenters. The van der Waals surface area contributed by atoms with Crippen LogP contribution in [-0.4, -0.2) is 30.3 Å². The van der Waals surface area contributed by atoms with Gasteiger partial charge in [0, 0.05) is 12.3 Å². The van der Waals surface area contributed by atoms with Crippen molar-refractivity contribution in [1.29, 1.82) is 10.5 Å². The van der Waals surface area contributed by atoms with Gasteiger partial charge in [0.2, 0.25) is 0 Å². The molecular weight excluding hydrogens is 170 g/mol. The summed E-state index contributed by atoms with van der Waals surface area (Å²) in [5.41, 5.74) is 0.920. The molecule has 0 rings (SSSR count). The summed E-state index contributed by atoms with van der Waals surface area (Å²) in [4.78, 5) is 1.72. The number of nitrogens with zero attached hydrogens (tertiary/aromatic N) is 3. The van der Waals surface area contributed by atoms with Gasteiger partial charge in [0.25, 0.3) is 0 Å². The highest BCUT2D eigenvalue weighted by Crippen LogP contribution is 1.97. The molecule has 64 valence electrons. The van der Waals surface area contributed by atoms with Crippen molar-refractivity contribution >= 4 is 12.6 Å². The van der Waals surface area contributed by atoms with Crippen LogP contribution in [0, 0.1) is 22.7 Å². The number of hydrogen-bond acceptors (Lipinski definition) is 4. The van der Waals surface area contributed by atoms with E-state index in [1.807, 2.05) is 12.1 Å². The summed E-state index contributed by atoms with van der Waals surface area (Å²) in [6, 6.07) is 3.98. The van der Waals surface area contributed by atoms with Crippen LogP contribution in [-0.2, 0) is 0 Å². The molecule has 0 aromatic carbocycles. The summed E-state index contributed by atoms with van der Waals surface area (Å²) in [6.07, 6.45) is 0. The van der Waals surface area contributed by atoms with Crippen molar-refractivity contribution in [2.75, 3.05) is 25.4 Å². The van der Waals surface area contributed by atoms with Crippen LogP contribution in [0.2, 0.25) is 0 Å². The minimum atomic E-state index is 0.264. The van der Waals surface area contributed by atoms with Gasteiger partial charge < -0.3 is 0 Å². The molecule has 0 aliphatic carbocycles. The van der Waals surface area contributed by atoms with Crippen molar-refractivity contribution in [2.24, 2.45) is 0 Å². The molecule has 0 radical (unpaired) electrons. The van der Waals surface area contributed by atoms with Gasteiger partial charge >= 0.3 is 0 Å². The standard InChI is InChI=1S/C8H11N3S/c1-8(7-12)6-11(4-2-9)5-3-10/h12H,1,4-7H2. The van der Waals surface area contributed by atoms with Crippen molar-refractivity contribution in [2.45, 2.75) is 0 Å². The largest absolute Gasteiger partial charge is 0.273 e. The summed E-state index contributed by atoms with van der Waals surface area (Å²) in [5, 5.41) is 16.8. The molecular formula is C8H11N3S. The lowest BCUT2D eigenvalue weighted by atomic mass is 10.3. The number of hydrogen-bond donors (Lipinski definition) is 1. The molecule has 0 unspecified atom stereocenters. The minimum absolute atomic E-state index is 0.264. The van der Waals surface area contributed by atoms with Gasteiger partial charge in [-0.25, -0.2) is 0 Å². The molecule has 0 fully saturated rings. The van der Waals surface area contributed by atoms with Gasteiger partial charge in [0.05, 0.1) is 25.2 Å². The van der Waals surface area contributed by atoms with E-state index in [0.717, 1.165) is 5.57 Å². The van der Waals surface area contributed by atoms with E-state index >= 15 is 0 Å². The fourth-order valence-corrected chi connectivity index (χ4v) is 0.834. The Morgan fingerprint density at radius 3 is 2.17 bits per heavy atom. The summed E-state index contributed by atoms with van der Waals surface area (Å²) in [5.74, 6) is 0.591. The molecule has 0 heterocycles. The Balaban J connectivity index is 3.89. The zero-order valence-corrected chi connectivity index (χ0v) is 7.72. The van der Waals surface area contributed by atoms with Gasteiger partial charge in [-0.1, -0.05) is 12.2 Å². The third-order valence-corrected chi connectivity index (χ3v) is 1.71. The third-order valence-electron chi connectivity index (χ3n) is 1.26. The van der Waals surface area contributed by atoms with Gasteiger partial charge in [-0.15, -0.1) is 0 Å². The molecule has 0 saturated carbocycles. The second kappa shape index (κ2) is 6.72. The van der Waals surface area contributed by atoms with E-state index in [9.17, 15) is 0 Å². The van der Waals surface area contributed by atoms with E-state index in [2.05, 4.69) is 19.2 Å². The number of rotatable bonds is 5. The van der Waals surface area contributed by atoms with E-state index in [4.69, 9.17) is 10.5 Å². The lowest BCUT2D eigenvalue weighted by Crippen LogP contribution is -2.26. The molecule has 12 heavy (non-hydrogen) atoms. The molecule has 0 aromatic heterocycles. The Hall–Kier alpha value is -0.970. The summed E-state index contributed by atoms with van der Waals surface area (Å²) >= 11 is 4.03. The van der Waals surface area contributed by atoms with Crippen LogP contribution in [0.15, 0.2) is 12.2 Å². The molecule has 0 saturated heterocycles. The zero-order valence-electron chi connectivity index (χ0n) is 6.82. The minimum Gasteiger partial charge on any atom is -0.273 e. The maximum atomic E-state index is 8.40. The second-order valence-electron chi connectivity index (χ2n) is 2.37. The van der Waals surface area contributed by atoms with E-state index in [-0.39, 0.29) is 13.1 Å². The van der Waals surface area contributed by atoms with Crippen molar-refractivity contribution in [3.63, 3.8) is 0 Å². The Morgan fingerprint density at radius 2 is 1.83 bits per heavy atom. The monoisotopic (exact) mass is 181 g/mol. The van der Waals surface area contributed by atoms with E-state index in [0.29, 0.717) is 12.3 Å². The van der Waals surface area contributed by atoms with Crippen LogP contribution in [0.3, 0.4) is 0 Å². The average molecular weight is 181 g/mol.